The molecule has 1 amide bonds. The highest BCUT2D eigenvalue weighted by atomic mass is 16.1. The van der Waals surface area contributed by atoms with E-state index in [1.54, 1.807) is 6.92 Å². The van der Waals surface area contributed by atoms with E-state index in [2.05, 4.69) is 19.9 Å². The number of carbonyl (C=O) groups excluding carboxylic acids is 1. The number of rotatable bonds is 1. The monoisotopic (exact) mass is 177 g/mol. The topological polar surface area (TPSA) is 97.5 Å². The number of hydrogen-bond acceptors (Lipinski definition) is 4. The molecule has 0 radical (unpaired) electrons. The molecule has 2 aromatic rings. The largest absolute Gasteiger partial charge is 0.364 e. The minimum absolute atomic E-state index is 0.156. The molecule has 13 heavy (non-hydrogen) atoms. The Hall–Kier alpha value is -1.98. The van der Waals surface area contributed by atoms with Crippen LogP contribution in [0, 0.1) is 6.92 Å². The molecule has 0 atom stereocenters. The number of nitrogens with zero attached hydrogens (tertiary/aromatic N) is 3. The van der Waals surface area contributed by atoms with Crippen LogP contribution in [0.25, 0.3) is 11.2 Å². The van der Waals surface area contributed by atoms with E-state index >= 15 is 0 Å². The highest BCUT2D eigenvalue weighted by Crippen LogP contribution is 2.09. The number of aryl methyl sites for hydroxylation is 1. The summed E-state index contributed by atoms with van der Waals surface area (Å²) in [4.78, 5) is 25.6. The van der Waals surface area contributed by atoms with E-state index in [1.807, 2.05) is 0 Å². The van der Waals surface area contributed by atoms with Crippen LogP contribution in [0.5, 0.6) is 0 Å². The standard InChI is InChI=1S/C7H7N5O/c1-3-11-4(6(8)13)5-7(12-3)10-2-9-5/h2H,1H3,(H2,8,13)(H,9,10,11,12). The summed E-state index contributed by atoms with van der Waals surface area (Å²) in [6.45, 7) is 1.69. The van der Waals surface area contributed by atoms with Gasteiger partial charge in [-0.2, -0.15) is 0 Å². The minimum Gasteiger partial charge on any atom is -0.364 e. The first-order valence-electron chi connectivity index (χ1n) is 3.66. The lowest BCUT2D eigenvalue weighted by atomic mass is 10.3. The normalized spacial score (nSPS) is 10.5. The van der Waals surface area contributed by atoms with Crippen LogP contribution in [0.2, 0.25) is 0 Å². The molecule has 0 aliphatic rings. The molecule has 6 heteroatoms. The second-order valence-electron chi connectivity index (χ2n) is 2.58. The molecule has 0 spiro atoms. The van der Waals surface area contributed by atoms with Crippen molar-refractivity contribution in [3.63, 3.8) is 0 Å². The van der Waals surface area contributed by atoms with Crippen LogP contribution in [-0.4, -0.2) is 25.8 Å². The quantitative estimate of drug-likeness (QED) is 0.628. The summed E-state index contributed by atoms with van der Waals surface area (Å²) in [6.07, 6.45) is 1.45. The van der Waals surface area contributed by atoms with Crippen LogP contribution in [0.1, 0.15) is 16.3 Å². The van der Waals surface area contributed by atoms with Gasteiger partial charge in [-0.15, -0.1) is 0 Å². The van der Waals surface area contributed by atoms with E-state index in [9.17, 15) is 4.79 Å². The van der Waals surface area contributed by atoms with Crippen molar-refractivity contribution < 1.29 is 4.79 Å². The Kier molecular flexibility index (Phi) is 1.48. The molecule has 0 saturated carbocycles. The average molecular weight is 177 g/mol. The summed E-state index contributed by atoms with van der Waals surface area (Å²) in [5, 5.41) is 0. The predicted molar refractivity (Wildman–Crippen MR) is 44.9 cm³/mol. The molecule has 0 unspecified atom stereocenters. The molecule has 3 N–H and O–H groups in total. The van der Waals surface area contributed by atoms with Crippen molar-refractivity contribution >= 4 is 17.1 Å². The third-order valence-electron chi connectivity index (χ3n) is 1.62. The van der Waals surface area contributed by atoms with Crippen LogP contribution < -0.4 is 5.73 Å². The van der Waals surface area contributed by atoms with E-state index in [0.717, 1.165) is 0 Å². The molecule has 0 saturated heterocycles. The maximum atomic E-state index is 10.9. The van der Waals surface area contributed by atoms with E-state index < -0.39 is 5.91 Å². The van der Waals surface area contributed by atoms with E-state index in [0.29, 0.717) is 17.0 Å². The van der Waals surface area contributed by atoms with Gasteiger partial charge in [0.15, 0.2) is 11.3 Å². The summed E-state index contributed by atoms with van der Waals surface area (Å²) in [5.41, 5.74) is 6.22. The average Bonchev–Trinajstić information content (AvgIpc) is 2.49. The molecule has 0 aliphatic heterocycles. The van der Waals surface area contributed by atoms with Crippen LogP contribution in [0.3, 0.4) is 0 Å². The lowest BCUT2D eigenvalue weighted by molar-refractivity contribution is 0.0997. The molecular weight excluding hydrogens is 170 g/mol. The smallest absolute Gasteiger partial charge is 0.269 e. The highest BCUT2D eigenvalue weighted by molar-refractivity contribution is 6.01. The zero-order valence-corrected chi connectivity index (χ0v) is 6.90. The van der Waals surface area contributed by atoms with Crippen LogP contribution in [-0.2, 0) is 0 Å². The van der Waals surface area contributed by atoms with Gasteiger partial charge in [0.05, 0.1) is 6.33 Å². The number of fused-ring (bicyclic) bond motifs is 1. The minimum atomic E-state index is -0.595. The second-order valence-corrected chi connectivity index (χ2v) is 2.58. The predicted octanol–water partition coefficient (Wildman–Crippen LogP) is -0.240. The fourth-order valence-corrected chi connectivity index (χ4v) is 1.12. The van der Waals surface area contributed by atoms with Gasteiger partial charge in [0, 0.05) is 0 Å². The van der Waals surface area contributed by atoms with Crippen molar-refractivity contribution in [2.75, 3.05) is 0 Å². The van der Waals surface area contributed by atoms with Crippen molar-refractivity contribution in [1.82, 2.24) is 19.9 Å². The van der Waals surface area contributed by atoms with Gasteiger partial charge in [-0.05, 0) is 6.92 Å². The van der Waals surface area contributed by atoms with Crippen LogP contribution in [0.15, 0.2) is 6.33 Å². The molecule has 0 aliphatic carbocycles. The third kappa shape index (κ3) is 1.12. The van der Waals surface area contributed by atoms with Gasteiger partial charge in [0.25, 0.3) is 5.91 Å². The molecule has 0 bridgehead atoms. The summed E-state index contributed by atoms with van der Waals surface area (Å²) in [6, 6.07) is 0. The van der Waals surface area contributed by atoms with Gasteiger partial charge < -0.3 is 10.7 Å². The number of aromatic nitrogens is 4. The van der Waals surface area contributed by atoms with Gasteiger partial charge >= 0.3 is 0 Å². The molecular formula is C7H7N5O. The second kappa shape index (κ2) is 2.51. The number of H-pyrrole nitrogens is 1. The number of primary amides is 1. The Morgan fingerprint density at radius 2 is 2.31 bits per heavy atom. The van der Waals surface area contributed by atoms with Gasteiger partial charge in [-0.1, -0.05) is 0 Å². The Balaban J connectivity index is 2.84. The number of nitrogens with one attached hydrogen (secondary N) is 1. The molecule has 2 rings (SSSR count). The first kappa shape index (κ1) is 7.66. The van der Waals surface area contributed by atoms with Crippen LogP contribution >= 0.6 is 0 Å². The molecule has 2 heterocycles. The summed E-state index contributed by atoms with van der Waals surface area (Å²) in [7, 11) is 0. The first-order chi connectivity index (χ1) is 6.18. The summed E-state index contributed by atoms with van der Waals surface area (Å²) >= 11 is 0. The SMILES string of the molecule is Cc1nc(C(N)=O)c2nc[nH]c2n1. The van der Waals surface area contributed by atoms with E-state index in [-0.39, 0.29) is 5.69 Å². The van der Waals surface area contributed by atoms with Crippen LogP contribution in [0.4, 0.5) is 0 Å². The first-order valence-corrected chi connectivity index (χ1v) is 3.66. The number of imidazole rings is 1. The lowest BCUT2D eigenvalue weighted by Crippen LogP contribution is -2.15. The Labute approximate surface area is 73.2 Å². The Bertz CT molecular complexity index is 475. The van der Waals surface area contributed by atoms with Crippen molar-refractivity contribution in [1.29, 1.82) is 0 Å². The van der Waals surface area contributed by atoms with E-state index in [1.165, 1.54) is 6.33 Å². The van der Waals surface area contributed by atoms with Gasteiger partial charge in [0.2, 0.25) is 0 Å². The Morgan fingerprint density at radius 1 is 1.54 bits per heavy atom. The number of hydrogen-bond donors (Lipinski definition) is 2. The molecule has 2 aromatic heterocycles. The number of nitrogens with two attached hydrogens (primary N) is 1. The van der Waals surface area contributed by atoms with Crippen molar-refractivity contribution in [3.05, 3.63) is 17.8 Å². The summed E-state index contributed by atoms with van der Waals surface area (Å²) in [5.74, 6) is -0.104. The molecule has 0 aromatic carbocycles. The fraction of sp³-hybridized carbons (Fsp3) is 0.143. The van der Waals surface area contributed by atoms with Crippen molar-refractivity contribution in [2.24, 2.45) is 5.73 Å². The van der Waals surface area contributed by atoms with Gasteiger partial charge in [0.1, 0.15) is 11.3 Å². The number of amides is 1. The molecule has 6 nitrogen and oxygen atoms in total. The third-order valence-corrected chi connectivity index (χ3v) is 1.62. The maximum absolute atomic E-state index is 10.9. The van der Waals surface area contributed by atoms with Crippen molar-refractivity contribution in [2.45, 2.75) is 6.92 Å². The Morgan fingerprint density at radius 3 is 3.00 bits per heavy atom. The number of carbonyl (C=O) groups is 1. The lowest BCUT2D eigenvalue weighted by Gasteiger charge is -1.96. The molecule has 66 valence electrons. The van der Waals surface area contributed by atoms with E-state index in [4.69, 9.17) is 5.73 Å². The van der Waals surface area contributed by atoms with Crippen molar-refractivity contribution in [3.8, 4) is 0 Å². The highest BCUT2D eigenvalue weighted by Gasteiger charge is 2.12. The number of aromatic amines is 1. The molecule has 0 fully saturated rings. The zero-order valence-electron chi connectivity index (χ0n) is 6.90. The fourth-order valence-electron chi connectivity index (χ4n) is 1.12. The van der Waals surface area contributed by atoms with Gasteiger partial charge in [-0.3, -0.25) is 4.79 Å². The van der Waals surface area contributed by atoms with Gasteiger partial charge in [-0.25, -0.2) is 15.0 Å². The maximum Gasteiger partial charge on any atom is 0.269 e. The zero-order chi connectivity index (χ0) is 9.42. The summed E-state index contributed by atoms with van der Waals surface area (Å²) < 4.78 is 0.